The molecule has 1 rings (SSSR count). The molecule has 0 spiro atoms. The fourth-order valence-electron chi connectivity index (χ4n) is 1.61. The summed E-state index contributed by atoms with van der Waals surface area (Å²) in [5.74, 6) is 2.84. The molecule has 1 aliphatic rings. The van der Waals surface area contributed by atoms with Crippen LogP contribution in [-0.2, 0) is 4.79 Å². The predicted molar refractivity (Wildman–Crippen MR) is 58.3 cm³/mol. The van der Waals surface area contributed by atoms with Crippen LogP contribution in [0.15, 0.2) is 0 Å². The Kier molecular flexibility index (Phi) is 4.81. The average Bonchev–Trinajstić information content (AvgIpc) is 2.52. The van der Waals surface area contributed by atoms with Crippen LogP contribution in [0.3, 0.4) is 0 Å². The van der Waals surface area contributed by atoms with E-state index in [1.165, 1.54) is 17.9 Å². The number of ketones is 1. The highest BCUT2D eigenvalue weighted by atomic mass is 32.2. The number of rotatable bonds is 5. The first kappa shape index (κ1) is 11.1. The van der Waals surface area contributed by atoms with Crippen LogP contribution in [0.25, 0.3) is 0 Å². The molecule has 0 N–H and O–H groups in total. The van der Waals surface area contributed by atoms with Crippen LogP contribution in [0.1, 0.15) is 26.7 Å². The van der Waals surface area contributed by atoms with Crippen LogP contribution < -0.4 is 0 Å². The van der Waals surface area contributed by atoms with Crippen LogP contribution in [-0.4, -0.2) is 41.3 Å². The Morgan fingerprint density at radius 3 is 2.92 bits per heavy atom. The van der Waals surface area contributed by atoms with E-state index in [0.29, 0.717) is 18.4 Å². The van der Waals surface area contributed by atoms with Crippen LogP contribution in [0.4, 0.5) is 0 Å². The third-order valence-corrected chi connectivity index (χ3v) is 3.50. The summed E-state index contributed by atoms with van der Waals surface area (Å²) in [5.41, 5.74) is 0. The highest BCUT2D eigenvalue weighted by molar-refractivity contribution is 7.99. The molecule has 0 aromatic carbocycles. The zero-order chi connectivity index (χ0) is 9.68. The summed E-state index contributed by atoms with van der Waals surface area (Å²) in [6.45, 7) is 6.10. The Labute approximate surface area is 85.1 Å². The SMILES string of the molecule is CCSCCC(C)N1CCC(=O)C1. The molecule has 76 valence electrons. The van der Waals surface area contributed by atoms with Crippen LogP contribution in [0.2, 0.25) is 0 Å². The van der Waals surface area contributed by atoms with E-state index in [1.54, 1.807) is 0 Å². The molecule has 0 aromatic rings. The molecule has 0 aliphatic carbocycles. The normalized spacial score (nSPS) is 20.9. The fraction of sp³-hybridized carbons (Fsp3) is 0.900. The van der Waals surface area contributed by atoms with Crippen molar-refractivity contribution in [2.24, 2.45) is 0 Å². The standard InChI is InChI=1S/C10H19NOS/c1-3-13-7-5-9(2)11-6-4-10(12)8-11/h9H,3-8H2,1-2H3. The zero-order valence-corrected chi connectivity index (χ0v) is 9.40. The summed E-state index contributed by atoms with van der Waals surface area (Å²) >= 11 is 1.98. The number of thioether (sulfide) groups is 1. The Morgan fingerprint density at radius 1 is 1.62 bits per heavy atom. The molecular formula is C10H19NOS. The molecule has 1 saturated heterocycles. The predicted octanol–water partition coefficient (Wildman–Crippen LogP) is 1.79. The van der Waals surface area contributed by atoms with Gasteiger partial charge in [-0.15, -0.1) is 0 Å². The highest BCUT2D eigenvalue weighted by Gasteiger charge is 2.23. The van der Waals surface area contributed by atoms with E-state index in [2.05, 4.69) is 18.7 Å². The number of carbonyl (C=O) groups excluding carboxylic acids is 1. The summed E-state index contributed by atoms with van der Waals surface area (Å²) in [6.07, 6.45) is 1.98. The third-order valence-electron chi connectivity index (χ3n) is 2.56. The maximum absolute atomic E-state index is 11.0. The molecule has 3 heteroatoms. The second-order valence-corrected chi connectivity index (χ2v) is 4.99. The van der Waals surface area contributed by atoms with Crippen molar-refractivity contribution < 1.29 is 4.79 Å². The van der Waals surface area contributed by atoms with Gasteiger partial charge in [-0.25, -0.2) is 0 Å². The summed E-state index contributed by atoms with van der Waals surface area (Å²) in [6, 6.07) is 0.588. The van der Waals surface area contributed by atoms with E-state index in [-0.39, 0.29) is 0 Å². The molecule has 1 heterocycles. The maximum Gasteiger partial charge on any atom is 0.148 e. The highest BCUT2D eigenvalue weighted by Crippen LogP contribution is 2.13. The smallest absolute Gasteiger partial charge is 0.148 e. The largest absolute Gasteiger partial charge is 0.298 e. The monoisotopic (exact) mass is 201 g/mol. The first-order valence-electron chi connectivity index (χ1n) is 5.07. The van der Waals surface area contributed by atoms with Crippen molar-refractivity contribution in [3.63, 3.8) is 0 Å². The summed E-state index contributed by atoms with van der Waals surface area (Å²) in [4.78, 5) is 13.3. The Morgan fingerprint density at radius 2 is 2.38 bits per heavy atom. The van der Waals surface area contributed by atoms with Gasteiger partial charge in [0.1, 0.15) is 5.78 Å². The third kappa shape index (κ3) is 3.69. The number of Topliss-reactive ketones (excluding diaryl/α,β-unsaturated/α-hetero) is 1. The second-order valence-electron chi connectivity index (χ2n) is 3.59. The van der Waals surface area contributed by atoms with Crippen molar-refractivity contribution >= 4 is 17.5 Å². The number of nitrogens with zero attached hydrogens (tertiary/aromatic N) is 1. The van der Waals surface area contributed by atoms with Gasteiger partial charge < -0.3 is 0 Å². The van der Waals surface area contributed by atoms with Gasteiger partial charge in [-0.05, 0) is 24.9 Å². The first-order valence-corrected chi connectivity index (χ1v) is 6.23. The molecule has 0 aromatic heterocycles. The minimum absolute atomic E-state index is 0.412. The van der Waals surface area contributed by atoms with Gasteiger partial charge in [-0.2, -0.15) is 11.8 Å². The molecule has 0 radical (unpaired) electrons. The lowest BCUT2D eigenvalue weighted by molar-refractivity contribution is -0.117. The molecule has 1 unspecified atom stereocenters. The summed E-state index contributed by atoms with van der Waals surface area (Å²) in [7, 11) is 0. The first-order chi connectivity index (χ1) is 6.24. The molecule has 1 aliphatic heterocycles. The van der Waals surface area contributed by atoms with Crippen molar-refractivity contribution in [3.05, 3.63) is 0 Å². The quantitative estimate of drug-likeness (QED) is 0.633. The number of hydrogen-bond acceptors (Lipinski definition) is 3. The molecule has 0 saturated carbocycles. The number of carbonyl (C=O) groups is 1. The molecule has 1 fully saturated rings. The minimum atomic E-state index is 0.412. The van der Waals surface area contributed by atoms with Gasteiger partial charge in [-0.1, -0.05) is 6.92 Å². The van der Waals surface area contributed by atoms with Crippen LogP contribution >= 0.6 is 11.8 Å². The Balaban J connectivity index is 2.15. The maximum atomic E-state index is 11.0. The van der Waals surface area contributed by atoms with E-state index in [4.69, 9.17) is 0 Å². The van der Waals surface area contributed by atoms with E-state index in [9.17, 15) is 4.79 Å². The lowest BCUT2D eigenvalue weighted by atomic mass is 10.2. The molecule has 0 amide bonds. The lowest BCUT2D eigenvalue weighted by Crippen LogP contribution is -2.31. The van der Waals surface area contributed by atoms with Crippen molar-refractivity contribution in [1.82, 2.24) is 4.90 Å². The topological polar surface area (TPSA) is 20.3 Å². The van der Waals surface area contributed by atoms with Crippen molar-refractivity contribution in [2.75, 3.05) is 24.6 Å². The van der Waals surface area contributed by atoms with Crippen LogP contribution in [0, 0.1) is 0 Å². The van der Waals surface area contributed by atoms with Crippen molar-refractivity contribution in [3.8, 4) is 0 Å². The molecule has 0 bridgehead atoms. The number of likely N-dealkylation sites (tertiary alicyclic amines) is 1. The Bertz CT molecular complexity index is 172. The van der Waals surface area contributed by atoms with Gasteiger partial charge in [0.15, 0.2) is 0 Å². The second kappa shape index (κ2) is 5.66. The Hall–Kier alpha value is -0.0200. The van der Waals surface area contributed by atoms with Gasteiger partial charge in [0.25, 0.3) is 0 Å². The molecule has 1 atom stereocenters. The van der Waals surface area contributed by atoms with E-state index < -0.39 is 0 Å². The van der Waals surface area contributed by atoms with Gasteiger partial charge in [0, 0.05) is 19.0 Å². The molecule has 2 nitrogen and oxygen atoms in total. The van der Waals surface area contributed by atoms with Gasteiger partial charge in [0.05, 0.1) is 6.54 Å². The van der Waals surface area contributed by atoms with Gasteiger partial charge in [0.2, 0.25) is 0 Å². The summed E-state index contributed by atoms with van der Waals surface area (Å²) in [5, 5.41) is 0. The fourth-order valence-corrected chi connectivity index (χ4v) is 2.41. The zero-order valence-electron chi connectivity index (χ0n) is 8.58. The van der Waals surface area contributed by atoms with E-state index in [1.807, 2.05) is 11.8 Å². The number of hydrogen-bond donors (Lipinski definition) is 0. The van der Waals surface area contributed by atoms with Gasteiger partial charge >= 0.3 is 0 Å². The van der Waals surface area contributed by atoms with Gasteiger partial charge in [-0.3, -0.25) is 9.69 Å². The van der Waals surface area contributed by atoms with Crippen molar-refractivity contribution in [1.29, 1.82) is 0 Å². The molecular weight excluding hydrogens is 182 g/mol. The van der Waals surface area contributed by atoms with E-state index in [0.717, 1.165) is 13.0 Å². The summed E-state index contributed by atoms with van der Waals surface area (Å²) < 4.78 is 0. The average molecular weight is 201 g/mol. The minimum Gasteiger partial charge on any atom is -0.298 e. The van der Waals surface area contributed by atoms with Crippen LogP contribution in [0.5, 0.6) is 0 Å². The lowest BCUT2D eigenvalue weighted by Gasteiger charge is -2.22. The van der Waals surface area contributed by atoms with E-state index >= 15 is 0 Å². The van der Waals surface area contributed by atoms with Crippen molar-refractivity contribution in [2.45, 2.75) is 32.7 Å². The molecule has 13 heavy (non-hydrogen) atoms.